The molecule has 0 aromatic carbocycles. The largest absolute Gasteiger partial charge is 0.371 e. The van der Waals surface area contributed by atoms with Gasteiger partial charge in [0.25, 0.3) is 0 Å². The van der Waals surface area contributed by atoms with Gasteiger partial charge in [0.2, 0.25) is 0 Å². The minimum absolute atomic E-state index is 0.0797. The summed E-state index contributed by atoms with van der Waals surface area (Å²) < 4.78 is 5.74. The summed E-state index contributed by atoms with van der Waals surface area (Å²) in [6.07, 6.45) is 0.0797. The second-order valence-corrected chi connectivity index (χ2v) is 5.22. The van der Waals surface area contributed by atoms with Crippen molar-refractivity contribution in [3.05, 3.63) is 21.9 Å². The molecule has 0 bridgehead atoms. The highest BCUT2D eigenvalue weighted by atomic mass is 32.1. The van der Waals surface area contributed by atoms with Crippen molar-refractivity contribution in [2.24, 2.45) is 11.7 Å². The third kappa shape index (κ3) is 3.40. The fraction of sp³-hybridized carbons (Fsp3) is 0.636. The lowest BCUT2D eigenvalue weighted by atomic mass is 10.2. The number of aryl methyl sites for hydroxylation is 1. The van der Waals surface area contributed by atoms with Gasteiger partial charge in [0, 0.05) is 22.9 Å². The first-order valence-electron chi connectivity index (χ1n) is 5.01. The van der Waals surface area contributed by atoms with E-state index in [1.807, 2.05) is 0 Å². The van der Waals surface area contributed by atoms with Gasteiger partial charge in [-0.15, -0.1) is 11.3 Å². The monoisotopic (exact) mass is 213 g/mol. The van der Waals surface area contributed by atoms with Crippen LogP contribution in [0.2, 0.25) is 0 Å². The van der Waals surface area contributed by atoms with E-state index < -0.39 is 0 Å². The van der Waals surface area contributed by atoms with Gasteiger partial charge in [0.1, 0.15) is 6.10 Å². The predicted octanol–water partition coefficient (Wildman–Crippen LogP) is 2.73. The molecule has 0 aliphatic heterocycles. The first-order chi connectivity index (χ1) is 6.63. The van der Waals surface area contributed by atoms with Crippen LogP contribution in [0, 0.1) is 12.8 Å². The van der Waals surface area contributed by atoms with E-state index in [1.165, 1.54) is 9.75 Å². The average Bonchev–Trinajstić information content (AvgIpc) is 2.53. The van der Waals surface area contributed by atoms with Crippen LogP contribution in [0.4, 0.5) is 0 Å². The molecule has 14 heavy (non-hydrogen) atoms. The highest BCUT2D eigenvalue weighted by Crippen LogP contribution is 2.25. The fourth-order valence-electron chi connectivity index (χ4n) is 1.20. The van der Waals surface area contributed by atoms with E-state index in [0.717, 1.165) is 6.61 Å². The average molecular weight is 213 g/mol. The zero-order valence-corrected chi connectivity index (χ0v) is 9.93. The van der Waals surface area contributed by atoms with Crippen LogP contribution in [0.5, 0.6) is 0 Å². The zero-order valence-electron chi connectivity index (χ0n) is 9.12. The Kier molecular flexibility index (Phi) is 4.58. The van der Waals surface area contributed by atoms with E-state index >= 15 is 0 Å². The van der Waals surface area contributed by atoms with Crippen LogP contribution in [0.25, 0.3) is 0 Å². The lowest BCUT2D eigenvalue weighted by molar-refractivity contribution is 0.0427. The molecular weight excluding hydrogens is 194 g/mol. The van der Waals surface area contributed by atoms with E-state index in [9.17, 15) is 0 Å². The van der Waals surface area contributed by atoms with E-state index in [2.05, 4.69) is 32.9 Å². The summed E-state index contributed by atoms with van der Waals surface area (Å²) in [5, 5.41) is 0. The fourth-order valence-corrected chi connectivity index (χ4v) is 2.14. The second-order valence-electron chi connectivity index (χ2n) is 3.90. The number of nitrogens with two attached hydrogens (primary N) is 1. The third-order valence-electron chi connectivity index (χ3n) is 1.92. The first-order valence-corrected chi connectivity index (χ1v) is 5.83. The molecule has 1 heterocycles. The molecule has 1 aromatic rings. The van der Waals surface area contributed by atoms with Crippen molar-refractivity contribution in [3.63, 3.8) is 0 Å². The maximum Gasteiger partial charge on any atom is 0.104 e. The highest BCUT2D eigenvalue weighted by molar-refractivity contribution is 7.12. The maximum absolute atomic E-state index is 5.74. The first kappa shape index (κ1) is 11.7. The third-order valence-corrected chi connectivity index (χ3v) is 3.02. The van der Waals surface area contributed by atoms with Crippen LogP contribution in [0.15, 0.2) is 12.1 Å². The molecule has 0 spiro atoms. The van der Waals surface area contributed by atoms with Crippen molar-refractivity contribution < 1.29 is 4.74 Å². The molecule has 0 aliphatic carbocycles. The predicted molar refractivity (Wildman–Crippen MR) is 61.6 cm³/mol. The van der Waals surface area contributed by atoms with Gasteiger partial charge in [-0.3, -0.25) is 0 Å². The molecule has 3 heteroatoms. The molecule has 0 saturated heterocycles. The van der Waals surface area contributed by atoms with Crippen LogP contribution >= 0.6 is 11.3 Å². The Morgan fingerprint density at radius 1 is 1.43 bits per heavy atom. The Balaban J connectivity index is 2.54. The van der Waals surface area contributed by atoms with E-state index in [0.29, 0.717) is 12.5 Å². The van der Waals surface area contributed by atoms with Gasteiger partial charge < -0.3 is 10.5 Å². The van der Waals surface area contributed by atoms with Crippen LogP contribution in [-0.4, -0.2) is 13.2 Å². The summed E-state index contributed by atoms with van der Waals surface area (Å²) in [5.41, 5.74) is 5.68. The summed E-state index contributed by atoms with van der Waals surface area (Å²) in [4.78, 5) is 2.55. The van der Waals surface area contributed by atoms with Crippen molar-refractivity contribution in [2.75, 3.05) is 13.2 Å². The van der Waals surface area contributed by atoms with Gasteiger partial charge in [-0.2, -0.15) is 0 Å². The molecular formula is C11H19NOS. The molecule has 0 fully saturated rings. The Morgan fingerprint density at radius 2 is 2.14 bits per heavy atom. The lowest BCUT2D eigenvalue weighted by Gasteiger charge is -2.15. The molecule has 2 N–H and O–H groups in total. The number of hydrogen-bond acceptors (Lipinski definition) is 3. The van der Waals surface area contributed by atoms with Gasteiger partial charge in [-0.1, -0.05) is 13.8 Å². The van der Waals surface area contributed by atoms with Crippen molar-refractivity contribution in [2.45, 2.75) is 26.9 Å². The minimum atomic E-state index is 0.0797. The van der Waals surface area contributed by atoms with Crippen molar-refractivity contribution >= 4 is 11.3 Å². The molecule has 1 unspecified atom stereocenters. The summed E-state index contributed by atoms with van der Waals surface area (Å²) in [6, 6.07) is 4.22. The topological polar surface area (TPSA) is 35.2 Å². The van der Waals surface area contributed by atoms with Crippen molar-refractivity contribution in [1.29, 1.82) is 0 Å². The summed E-state index contributed by atoms with van der Waals surface area (Å²) in [6.45, 7) is 7.73. The Morgan fingerprint density at radius 3 is 2.57 bits per heavy atom. The van der Waals surface area contributed by atoms with Gasteiger partial charge in [0.15, 0.2) is 0 Å². The van der Waals surface area contributed by atoms with Crippen LogP contribution < -0.4 is 5.73 Å². The van der Waals surface area contributed by atoms with Crippen LogP contribution in [-0.2, 0) is 4.74 Å². The Labute approximate surface area is 90.1 Å². The normalized spacial score (nSPS) is 13.5. The van der Waals surface area contributed by atoms with Crippen LogP contribution in [0.3, 0.4) is 0 Å². The SMILES string of the molecule is Cc1ccc(C(CN)OCC(C)C)s1. The van der Waals surface area contributed by atoms with E-state index in [1.54, 1.807) is 11.3 Å². The van der Waals surface area contributed by atoms with Gasteiger partial charge in [-0.25, -0.2) is 0 Å². The minimum Gasteiger partial charge on any atom is -0.371 e. The van der Waals surface area contributed by atoms with E-state index in [-0.39, 0.29) is 6.10 Å². The zero-order chi connectivity index (χ0) is 10.6. The number of hydrogen-bond donors (Lipinski definition) is 1. The molecule has 80 valence electrons. The van der Waals surface area contributed by atoms with Crippen molar-refractivity contribution in [3.8, 4) is 0 Å². The van der Waals surface area contributed by atoms with E-state index in [4.69, 9.17) is 10.5 Å². The Hall–Kier alpha value is -0.380. The molecule has 1 aromatic heterocycles. The summed E-state index contributed by atoms with van der Waals surface area (Å²) in [7, 11) is 0. The van der Waals surface area contributed by atoms with Crippen molar-refractivity contribution in [1.82, 2.24) is 0 Å². The summed E-state index contributed by atoms with van der Waals surface area (Å²) in [5.74, 6) is 0.560. The molecule has 0 saturated carbocycles. The molecule has 0 radical (unpaired) electrons. The molecule has 2 nitrogen and oxygen atoms in total. The molecule has 0 aliphatic rings. The lowest BCUT2D eigenvalue weighted by Crippen LogP contribution is -2.17. The summed E-state index contributed by atoms with van der Waals surface area (Å²) >= 11 is 1.77. The molecule has 1 rings (SSSR count). The highest BCUT2D eigenvalue weighted by Gasteiger charge is 2.12. The molecule has 1 atom stereocenters. The quantitative estimate of drug-likeness (QED) is 0.816. The smallest absolute Gasteiger partial charge is 0.104 e. The Bertz CT molecular complexity index is 270. The number of thiophene rings is 1. The number of ether oxygens (including phenoxy) is 1. The second kappa shape index (κ2) is 5.49. The van der Waals surface area contributed by atoms with Gasteiger partial charge in [0.05, 0.1) is 0 Å². The maximum atomic E-state index is 5.74. The van der Waals surface area contributed by atoms with Crippen LogP contribution in [0.1, 0.15) is 29.7 Å². The number of rotatable bonds is 5. The van der Waals surface area contributed by atoms with Gasteiger partial charge >= 0.3 is 0 Å². The van der Waals surface area contributed by atoms with Gasteiger partial charge in [-0.05, 0) is 25.0 Å². The standard InChI is InChI=1S/C11H19NOS/c1-8(2)7-13-10(6-12)11-5-4-9(3)14-11/h4-5,8,10H,6-7,12H2,1-3H3. The molecule has 0 amide bonds.